The highest BCUT2D eigenvalue weighted by molar-refractivity contribution is 5.88. The van der Waals surface area contributed by atoms with Crippen molar-refractivity contribution in [2.75, 3.05) is 0 Å². The third-order valence-electron chi connectivity index (χ3n) is 3.74. The lowest BCUT2D eigenvalue weighted by Gasteiger charge is -2.00. The van der Waals surface area contributed by atoms with E-state index < -0.39 is 4.92 Å². The van der Waals surface area contributed by atoms with Gasteiger partial charge in [0.1, 0.15) is 11.5 Å². The van der Waals surface area contributed by atoms with Crippen LogP contribution in [0.2, 0.25) is 0 Å². The topological polar surface area (TPSA) is 80.1 Å². The first-order valence-electron chi connectivity index (χ1n) is 7.60. The molecular formula is C20H14N2O3. The Labute approximate surface area is 144 Å². The molecule has 25 heavy (non-hydrogen) atoms. The van der Waals surface area contributed by atoms with E-state index in [1.807, 2.05) is 31.2 Å². The van der Waals surface area contributed by atoms with Crippen LogP contribution in [0.15, 0.2) is 65.1 Å². The highest BCUT2D eigenvalue weighted by atomic mass is 16.6. The van der Waals surface area contributed by atoms with Crippen LogP contribution in [-0.2, 0) is 0 Å². The average Bonchev–Trinajstić information content (AvgIpc) is 3.09. The molecule has 0 fully saturated rings. The summed E-state index contributed by atoms with van der Waals surface area (Å²) in [6.07, 6.45) is 1.66. The average molecular weight is 330 g/mol. The molecule has 0 saturated heterocycles. The summed E-state index contributed by atoms with van der Waals surface area (Å²) in [6, 6.07) is 19.5. The Hall–Kier alpha value is -3.65. The molecule has 0 saturated carbocycles. The van der Waals surface area contributed by atoms with Crippen molar-refractivity contribution in [3.63, 3.8) is 0 Å². The van der Waals surface area contributed by atoms with Gasteiger partial charge in [0.25, 0.3) is 5.69 Å². The van der Waals surface area contributed by atoms with Crippen molar-refractivity contribution in [2.45, 2.75) is 6.92 Å². The number of nitriles is 1. The molecule has 3 aromatic rings. The number of rotatable bonds is 4. The lowest BCUT2D eigenvalue weighted by Crippen LogP contribution is -1.87. The molecule has 1 heterocycles. The maximum absolute atomic E-state index is 10.9. The van der Waals surface area contributed by atoms with E-state index in [1.54, 1.807) is 30.3 Å². The van der Waals surface area contributed by atoms with E-state index in [0.29, 0.717) is 22.7 Å². The largest absolute Gasteiger partial charge is 0.457 e. The summed E-state index contributed by atoms with van der Waals surface area (Å²) in [6.45, 7) is 1.98. The molecule has 1 aromatic heterocycles. The molecule has 5 nitrogen and oxygen atoms in total. The van der Waals surface area contributed by atoms with Gasteiger partial charge in [-0.25, -0.2) is 0 Å². The third-order valence-corrected chi connectivity index (χ3v) is 3.74. The zero-order valence-corrected chi connectivity index (χ0v) is 13.5. The molecule has 0 radical (unpaired) electrons. The molecule has 0 aliphatic rings. The van der Waals surface area contributed by atoms with Gasteiger partial charge in [0.2, 0.25) is 0 Å². The quantitative estimate of drug-likeness (QED) is 0.373. The van der Waals surface area contributed by atoms with E-state index in [0.717, 1.165) is 11.1 Å². The molecule has 0 aliphatic heterocycles. The fourth-order valence-corrected chi connectivity index (χ4v) is 2.41. The van der Waals surface area contributed by atoms with Crippen molar-refractivity contribution in [1.82, 2.24) is 0 Å². The van der Waals surface area contributed by atoms with Gasteiger partial charge in [-0.05, 0) is 30.7 Å². The van der Waals surface area contributed by atoms with Gasteiger partial charge in [0.05, 0.1) is 16.6 Å². The fourth-order valence-electron chi connectivity index (χ4n) is 2.41. The first kappa shape index (κ1) is 16.2. The number of nitro groups is 1. The number of aryl methyl sites for hydroxylation is 1. The summed E-state index contributed by atoms with van der Waals surface area (Å²) in [7, 11) is 0. The summed E-state index contributed by atoms with van der Waals surface area (Å²) < 4.78 is 5.73. The second-order valence-electron chi connectivity index (χ2n) is 5.55. The Kier molecular flexibility index (Phi) is 4.44. The number of hydrogen-bond acceptors (Lipinski definition) is 4. The standard InChI is InChI=1S/C20H14N2O3/c1-14-5-7-15(8-6-14)17(13-21)12-19-9-10-20(25-19)16-3-2-4-18(11-16)22(23)24/h2-12H,1H3/b17-12-. The molecule has 0 unspecified atom stereocenters. The van der Waals surface area contributed by atoms with Crippen molar-refractivity contribution >= 4 is 17.3 Å². The Morgan fingerprint density at radius 3 is 2.60 bits per heavy atom. The second-order valence-corrected chi connectivity index (χ2v) is 5.55. The number of nitro benzene ring substituents is 1. The molecule has 0 atom stereocenters. The number of allylic oxidation sites excluding steroid dienone is 1. The minimum atomic E-state index is -0.446. The normalized spacial score (nSPS) is 11.1. The SMILES string of the molecule is Cc1ccc(/C(C#N)=C\c2ccc(-c3cccc([N+](=O)[O-])c3)o2)cc1. The van der Waals surface area contributed by atoms with Crippen LogP contribution in [0.25, 0.3) is 23.0 Å². The Morgan fingerprint density at radius 2 is 1.92 bits per heavy atom. The first-order chi connectivity index (χ1) is 12.1. The van der Waals surface area contributed by atoms with Gasteiger partial charge in [0, 0.05) is 17.7 Å². The van der Waals surface area contributed by atoms with Crippen molar-refractivity contribution in [2.24, 2.45) is 0 Å². The number of hydrogen-bond donors (Lipinski definition) is 0. The van der Waals surface area contributed by atoms with Crippen LogP contribution in [0.3, 0.4) is 0 Å². The van der Waals surface area contributed by atoms with Gasteiger partial charge in [-0.1, -0.05) is 42.0 Å². The van der Waals surface area contributed by atoms with Crippen LogP contribution in [-0.4, -0.2) is 4.92 Å². The monoisotopic (exact) mass is 330 g/mol. The molecule has 0 bridgehead atoms. The van der Waals surface area contributed by atoms with Gasteiger partial charge in [0.15, 0.2) is 0 Å². The van der Waals surface area contributed by atoms with Crippen LogP contribution in [0.1, 0.15) is 16.9 Å². The summed E-state index contributed by atoms with van der Waals surface area (Å²) in [5.41, 5.74) is 3.03. The van der Waals surface area contributed by atoms with Crippen molar-refractivity contribution in [3.8, 4) is 17.4 Å². The molecule has 0 amide bonds. The van der Waals surface area contributed by atoms with Gasteiger partial charge < -0.3 is 4.42 Å². The summed E-state index contributed by atoms with van der Waals surface area (Å²) >= 11 is 0. The van der Waals surface area contributed by atoms with Crippen molar-refractivity contribution in [3.05, 3.63) is 87.7 Å². The Balaban J connectivity index is 1.93. The van der Waals surface area contributed by atoms with Gasteiger partial charge in [-0.3, -0.25) is 10.1 Å². The zero-order valence-electron chi connectivity index (χ0n) is 13.5. The van der Waals surface area contributed by atoms with Crippen LogP contribution < -0.4 is 0 Å². The minimum absolute atomic E-state index is 0.00311. The lowest BCUT2D eigenvalue weighted by atomic mass is 10.0. The maximum Gasteiger partial charge on any atom is 0.270 e. The zero-order chi connectivity index (χ0) is 17.8. The van der Waals surface area contributed by atoms with Gasteiger partial charge >= 0.3 is 0 Å². The molecular weight excluding hydrogens is 316 g/mol. The lowest BCUT2D eigenvalue weighted by molar-refractivity contribution is -0.384. The third kappa shape index (κ3) is 3.65. The van der Waals surface area contributed by atoms with E-state index in [1.165, 1.54) is 12.1 Å². The summed E-state index contributed by atoms with van der Waals surface area (Å²) in [4.78, 5) is 10.4. The van der Waals surface area contributed by atoms with Crippen LogP contribution in [0, 0.1) is 28.4 Å². The predicted molar refractivity (Wildman–Crippen MR) is 95.5 cm³/mol. The number of benzene rings is 2. The van der Waals surface area contributed by atoms with Gasteiger partial charge in [-0.2, -0.15) is 5.26 Å². The number of furan rings is 1. The Morgan fingerprint density at radius 1 is 1.16 bits per heavy atom. The van der Waals surface area contributed by atoms with Crippen LogP contribution >= 0.6 is 0 Å². The summed E-state index contributed by atoms with van der Waals surface area (Å²) in [5, 5.41) is 20.3. The van der Waals surface area contributed by atoms with Crippen molar-refractivity contribution < 1.29 is 9.34 Å². The minimum Gasteiger partial charge on any atom is -0.457 e. The van der Waals surface area contributed by atoms with E-state index in [-0.39, 0.29) is 5.69 Å². The molecule has 3 rings (SSSR count). The molecule has 0 aliphatic carbocycles. The van der Waals surface area contributed by atoms with Gasteiger partial charge in [-0.15, -0.1) is 0 Å². The molecule has 122 valence electrons. The fraction of sp³-hybridized carbons (Fsp3) is 0.0500. The van der Waals surface area contributed by atoms with Crippen LogP contribution in [0.4, 0.5) is 5.69 Å². The smallest absolute Gasteiger partial charge is 0.270 e. The van der Waals surface area contributed by atoms with E-state index >= 15 is 0 Å². The predicted octanol–water partition coefficient (Wildman–Crippen LogP) is 5.23. The molecule has 0 N–H and O–H groups in total. The molecule has 2 aromatic carbocycles. The van der Waals surface area contributed by atoms with E-state index in [4.69, 9.17) is 4.42 Å². The second kappa shape index (κ2) is 6.85. The maximum atomic E-state index is 10.9. The van der Waals surface area contributed by atoms with Crippen molar-refractivity contribution in [1.29, 1.82) is 5.26 Å². The molecule has 5 heteroatoms. The van der Waals surface area contributed by atoms with E-state index in [9.17, 15) is 15.4 Å². The summed E-state index contributed by atoms with van der Waals surface area (Å²) in [5.74, 6) is 1.02. The van der Waals surface area contributed by atoms with Crippen LogP contribution in [0.5, 0.6) is 0 Å². The first-order valence-corrected chi connectivity index (χ1v) is 7.60. The Bertz CT molecular complexity index is 992. The number of nitrogens with zero attached hydrogens (tertiary/aromatic N) is 2. The highest BCUT2D eigenvalue weighted by Gasteiger charge is 2.10. The molecule has 0 spiro atoms. The number of non-ortho nitro benzene ring substituents is 1. The van der Waals surface area contributed by atoms with E-state index in [2.05, 4.69) is 6.07 Å². The highest BCUT2D eigenvalue weighted by Crippen LogP contribution is 2.27.